The van der Waals surface area contributed by atoms with Crippen molar-refractivity contribution in [1.82, 2.24) is 19.8 Å². The van der Waals surface area contributed by atoms with Gasteiger partial charge in [0.1, 0.15) is 12.1 Å². The Morgan fingerprint density at radius 3 is 2.93 bits per heavy atom. The second-order valence-electron chi connectivity index (χ2n) is 6.18. The third-order valence-corrected chi connectivity index (χ3v) is 4.53. The molecule has 4 aromatic rings. The minimum Gasteiger partial charge on any atom is -0.484 e. The normalized spacial score (nSPS) is 10.8. The minimum atomic E-state index is -0.257. The molecule has 0 atom stereocenters. The maximum absolute atomic E-state index is 12.2. The van der Waals surface area contributed by atoms with Crippen molar-refractivity contribution in [1.29, 1.82) is 0 Å². The van der Waals surface area contributed by atoms with Crippen molar-refractivity contribution in [3.8, 4) is 17.0 Å². The average molecular weight is 394 g/mol. The number of nitrogens with zero attached hydrogens (tertiary/aromatic N) is 4. The number of rotatable bonds is 5. The van der Waals surface area contributed by atoms with Crippen LogP contribution >= 0.6 is 11.6 Å². The van der Waals surface area contributed by atoms with Gasteiger partial charge in [-0.05, 0) is 55.0 Å². The van der Waals surface area contributed by atoms with Crippen molar-refractivity contribution in [2.45, 2.75) is 6.92 Å². The summed E-state index contributed by atoms with van der Waals surface area (Å²) >= 11 is 5.99. The van der Waals surface area contributed by atoms with E-state index in [4.69, 9.17) is 16.3 Å². The van der Waals surface area contributed by atoms with Crippen molar-refractivity contribution in [2.24, 2.45) is 0 Å². The Labute approximate surface area is 165 Å². The second kappa shape index (κ2) is 7.66. The lowest BCUT2D eigenvalue weighted by molar-refractivity contribution is -0.118. The number of halogens is 1. The monoisotopic (exact) mass is 393 g/mol. The summed E-state index contributed by atoms with van der Waals surface area (Å²) in [5, 5.41) is 15.7. The minimum absolute atomic E-state index is 0.101. The number of aryl methyl sites for hydroxylation is 1. The number of hydrogen-bond donors (Lipinski definition) is 1. The molecule has 0 aliphatic rings. The van der Waals surface area contributed by atoms with Gasteiger partial charge in [0.25, 0.3) is 5.91 Å². The summed E-state index contributed by atoms with van der Waals surface area (Å²) in [6.45, 7) is 1.78. The Morgan fingerprint density at radius 2 is 2.07 bits per heavy atom. The number of hydrogen-bond acceptors (Lipinski definition) is 5. The third kappa shape index (κ3) is 3.94. The first kappa shape index (κ1) is 17.9. The zero-order valence-electron chi connectivity index (χ0n) is 15.0. The zero-order valence-corrected chi connectivity index (χ0v) is 15.7. The molecule has 2 aromatic heterocycles. The molecule has 0 spiro atoms. The largest absolute Gasteiger partial charge is 0.484 e. The molecule has 140 valence electrons. The second-order valence-corrected chi connectivity index (χ2v) is 6.59. The van der Waals surface area contributed by atoms with Crippen molar-refractivity contribution < 1.29 is 9.53 Å². The van der Waals surface area contributed by atoms with Crippen molar-refractivity contribution in [3.63, 3.8) is 0 Å². The maximum atomic E-state index is 12.2. The van der Waals surface area contributed by atoms with Crippen LogP contribution in [0.1, 0.15) is 5.56 Å². The van der Waals surface area contributed by atoms with Gasteiger partial charge in [-0.1, -0.05) is 23.7 Å². The first-order valence-corrected chi connectivity index (χ1v) is 8.92. The molecule has 2 heterocycles. The van der Waals surface area contributed by atoms with Gasteiger partial charge >= 0.3 is 0 Å². The predicted octanol–water partition coefficient (Wildman–Crippen LogP) is 3.77. The van der Waals surface area contributed by atoms with Crippen LogP contribution in [-0.2, 0) is 4.79 Å². The Kier molecular flexibility index (Phi) is 4.90. The van der Waals surface area contributed by atoms with Crippen molar-refractivity contribution in [2.75, 3.05) is 11.9 Å². The highest BCUT2D eigenvalue weighted by atomic mass is 35.5. The number of carbonyl (C=O) groups excluding carboxylic acids is 1. The van der Waals surface area contributed by atoms with Gasteiger partial charge in [0, 0.05) is 16.3 Å². The quantitative estimate of drug-likeness (QED) is 0.558. The molecule has 0 aliphatic heterocycles. The third-order valence-electron chi connectivity index (χ3n) is 4.10. The van der Waals surface area contributed by atoms with Crippen LogP contribution in [-0.4, -0.2) is 32.3 Å². The summed E-state index contributed by atoms with van der Waals surface area (Å²) in [4.78, 5) is 12.2. The molecule has 1 amide bonds. The molecule has 0 bridgehead atoms. The van der Waals surface area contributed by atoms with E-state index >= 15 is 0 Å². The van der Waals surface area contributed by atoms with Crippen LogP contribution < -0.4 is 10.1 Å². The number of amides is 1. The number of anilines is 1. The van der Waals surface area contributed by atoms with E-state index in [0.717, 1.165) is 16.8 Å². The Morgan fingerprint density at radius 1 is 1.18 bits per heavy atom. The summed E-state index contributed by atoms with van der Waals surface area (Å²) in [6, 6.07) is 16.4. The fourth-order valence-corrected chi connectivity index (χ4v) is 2.81. The number of fused-ring (bicyclic) bond motifs is 1. The molecule has 8 heteroatoms. The summed E-state index contributed by atoms with van der Waals surface area (Å²) in [5.74, 6) is 0.337. The number of ether oxygens (including phenoxy) is 1. The van der Waals surface area contributed by atoms with E-state index in [1.807, 2.05) is 43.3 Å². The first-order valence-electron chi connectivity index (χ1n) is 8.55. The summed E-state index contributed by atoms with van der Waals surface area (Å²) in [7, 11) is 0. The highest BCUT2D eigenvalue weighted by Crippen LogP contribution is 2.22. The van der Waals surface area contributed by atoms with Crippen LogP contribution in [0.3, 0.4) is 0 Å². The van der Waals surface area contributed by atoms with E-state index in [1.165, 1.54) is 0 Å². The molecule has 1 N–H and O–H groups in total. The van der Waals surface area contributed by atoms with Gasteiger partial charge < -0.3 is 10.1 Å². The maximum Gasteiger partial charge on any atom is 0.262 e. The fourth-order valence-electron chi connectivity index (χ4n) is 2.69. The molecule has 7 nitrogen and oxygen atoms in total. The highest BCUT2D eigenvalue weighted by molar-refractivity contribution is 6.31. The van der Waals surface area contributed by atoms with E-state index in [0.29, 0.717) is 22.1 Å². The molecular formula is C20H16ClN5O2. The molecule has 0 fully saturated rings. The van der Waals surface area contributed by atoms with Crippen LogP contribution in [0, 0.1) is 6.92 Å². The topological polar surface area (TPSA) is 81.4 Å². The van der Waals surface area contributed by atoms with E-state index < -0.39 is 0 Å². The molecule has 0 saturated heterocycles. The number of benzene rings is 2. The lowest BCUT2D eigenvalue weighted by Crippen LogP contribution is -2.20. The van der Waals surface area contributed by atoms with Crippen molar-refractivity contribution >= 4 is 28.8 Å². The Bertz CT molecular complexity index is 1160. The first-order chi connectivity index (χ1) is 13.6. The van der Waals surface area contributed by atoms with E-state index in [1.54, 1.807) is 29.0 Å². The van der Waals surface area contributed by atoms with Gasteiger partial charge in [-0.3, -0.25) is 4.79 Å². The smallest absolute Gasteiger partial charge is 0.262 e. The van der Waals surface area contributed by atoms with Crippen LogP contribution in [0.25, 0.3) is 16.9 Å². The van der Waals surface area contributed by atoms with Crippen molar-refractivity contribution in [3.05, 3.63) is 71.5 Å². The molecule has 0 radical (unpaired) electrons. The summed E-state index contributed by atoms with van der Waals surface area (Å²) in [5.41, 5.74) is 3.83. The van der Waals surface area contributed by atoms with Crippen LogP contribution in [0.15, 0.2) is 60.9 Å². The number of carbonyl (C=O) groups is 1. The van der Waals surface area contributed by atoms with Gasteiger partial charge in [-0.25, -0.2) is 0 Å². The van der Waals surface area contributed by atoms with Gasteiger partial charge in [0.05, 0.1) is 5.69 Å². The molecule has 0 aliphatic carbocycles. The fraction of sp³-hybridized carbons (Fsp3) is 0.100. The standard InChI is InChI=1S/C20H16ClN5O2/c1-13-9-16(5-6-17(13)21)28-11-20(27)23-15-4-2-3-14(10-15)18-7-8-19-24-22-12-26(19)25-18/h2-10,12H,11H2,1H3,(H,23,27). The molecule has 0 unspecified atom stereocenters. The molecule has 28 heavy (non-hydrogen) atoms. The van der Waals surface area contributed by atoms with Gasteiger partial charge in [0.15, 0.2) is 12.3 Å². The van der Waals surface area contributed by atoms with E-state index in [2.05, 4.69) is 20.6 Å². The molecule has 0 saturated carbocycles. The molecule has 2 aromatic carbocycles. The Hall–Kier alpha value is -3.45. The van der Waals surface area contributed by atoms with Gasteiger partial charge in [-0.15, -0.1) is 10.2 Å². The molecule has 4 rings (SSSR count). The summed E-state index contributed by atoms with van der Waals surface area (Å²) in [6.07, 6.45) is 1.54. The highest BCUT2D eigenvalue weighted by Gasteiger charge is 2.08. The lowest BCUT2D eigenvalue weighted by atomic mass is 10.1. The average Bonchev–Trinajstić information content (AvgIpc) is 3.17. The van der Waals surface area contributed by atoms with Crippen LogP contribution in [0.4, 0.5) is 5.69 Å². The SMILES string of the molecule is Cc1cc(OCC(=O)Nc2cccc(-c3ccc4nncn4n3)c2)ccc1Cl. The van der Waals surface area contributed by atoms with E-state index in [-0.39, 0.29) is 12.5 Å². The number of aromatic nitrogens is 4. The van der Waals surface area contributed by atoms with E-state index in [9.17, 15) is 4.79 Å². The van der Waals surface area contributed by atoms with Gasteiger partial charge in [0.2, 0.25) is 0 Å². The summed E-state index contributed by atoms with van der Waals surface area (Å²) < 4.78 is 7.13. The zero-order chi connectivity index (χ0) is 19.5. The van der Waals surface area contributed by atoms with Crippen LogP contribution in [0.5, 0.6) is 5.75 Å². The van der Waals surface area contributed by atoms with Crippen LogP contribution in [0.2, 0.25) is 5.02 Å². The van der Waals surface area contributed by atoms with Gasteiger partial charge in [-0.2, -0.15) is 9.61 Å². The Balaban J connectivity index is 1.43. The molecular weight excluding hydrogens is 378 g/mol. The number of nitrogens with one attached hydrogen (secondary N) is 1. The lowest BCUT2D eigenvalue weighted by Gasteiger charge is -2.10. The predicted molar refractivity (Wildman–Crippen MR) is 107 cm³/mol.